The van der Waals surface area contributed by atoms with Crippen molar-refractivity contribution in [3.63, 3.8) is 0 Å². The summed E-state index contributed by atoms with van der Waals surface area (Å²) in [7, 11) is 0. The third-order valence-electron chi connectivity index (χ3n) is 3.33. The van der Waals surface area contributed by atoms with Gasteiger partial charge in [-0.25, -0.2) is 4.98 Å². The Morgan fingerprint density at radius 2 is 1.82 bits per heavy atom. The van der Waals surface area contributed by atoms with Crippen LogP contribution >= 0.6 is 0 Å². The number of imidazole rings is 1. The number of rotatable bonds is 5. The van der Waals surface area contributed by atoms with Gasteiger partial charge in [-0.3, -0.25) is 4.98 Å². The Morgan fingerprint density at radius 3 is 2.47 bits per heavy atom. The summed E-state index contributed by atoms with van der Waals surface area (Å²) in [5.41, 5.74) is 1.37. The number of hydrogen-bond donors (Lipinski definition) is 0. The van der Waals surface area contributed by atoms with Crippen molar-refractivity contribution in [3.8, 4) is 0 Å². The van der Waals surface area contributed by atoms with Gasteiger partial charge in [-0.05, 0) is 43.4 Å². The van der Waals surface area contributed by atoms with E-state index in [0.29, 0.717) is 12.0 Å². The zero-order valence-electron chi connectivity index (χ0n) is 10.5. The molecule has 0 aliphatic carbocycles. The third-order valence-corrected chi connectivity index (χ3v) is 3.33. The first-order valence-corrected chi connectivity index (χ1v) is 6.14. The van der Waals surface area contributed by atoms with E-state index < -0.39 is 0 Å². The van der Waals surface area contributed by atoms with Crippen molar-refractivity contribution in [2.24, 2.45) is 0 Å². The molecule has 0 aliphatic heterocycles. The molecule has 0 aromatic carbocycles. The normalized spacial score (nSPS) is 14.5. The van der Waals surface area contributed by atoms with E-state index in [0.717, 1.165) is 0 Å². The van der Waals surface area contributed by atoms with E-state index in [2.05, 4.69) is 40.5 Å². The zero-order chi connectivity index (χ0) is 12.1. The molecule has 2 unspecified atom stereocenters. The molecule has 2 heterocycles. The van der Waals surface area contributed by atoms with Gasteiger partial charge in [-0.2, -0.15) is 0 Å². The minimum Gasteiger partial charge on any atom is -0.335 e. The maximum atomic E-state index is 4.08. The van der Waals surface area contributed by atoms with Crippen LogP contribution in [-0.2, 0) is 0 Å². The smallest absolute Gasteiger partial charge is 0.0948 e. The molecule has 2 aromatic heterocycles. The molecule has 0 fully saturated rings. The van der Waals surface area contributed by atoms with E-state index in [1.165, 1.54) is 18.4 Å². The minimum absolute atomic E-state index is 0.516. The van der Waals surface area contributed by atoms with Crippen molar-refractivity contribution >= 4 is 0 Å². The third kappa shape index (κ3) is 3.16. The van der Waals surface area contributed by atoms with E-state index in [1.807, 2.05) is 31.1 Å². The molecule has 0 aliphatic rings. The summed E-state index contributed by atoms with van der Waals surface area (Å²) in [5, 5.41) is 0. The highest BCUT2D eigenvalue weighted by Crippen LogP contribution is 2.23. The Bertz CT molecular complexity index is 422. The molecule has 3 nitrogen and oxygen atoms in total. The van der Waals surface area contributed by atoms with E-state index in [4.69, 9.17) is 0 Å². The van der Waals surface area contributed by atoms with Crippen LogP contribution in [0.2, 0.25) is 0 Å². The Hall–Kier alpha value is -1.64. The summed E-state index contributed by atoms with van der Waals surface area (Å²) in [4.78, 5) is 8.13. The lowest BCUT2D eigenvalue weighted by Gasteiger charge is -2.16. The van der Waals surface area contributed by atoms with E-state index >= 15 is 0 Å². The second-order valence-corrected chi connectivity index (χ2v) is 4.62. The van der Waals surface area contributed by atoms with Crippen LogP contribution in [0.1, 0.15) is 44.2 Å². The zero-order valence-corrected chi connectivity index (χ0v) is 10.5. The number of hydrogen-bond acceptors (Lipinski definition) is 2. The van der Waals surface area contributed by atoms with E-state index in [1.54, 1.807) is 0 Å². The molecule has 0 saturated carbocycles. The van der Waals surface area contributed by atoms with Gasteiger partial charge in [0.2, 0.25) is 0 Å². The second kappa shape index (κ2) is 5.62. The number of pyridine rings is 1. The predicted molar refractivity (Wildman–Crippen MR) is 68.8 cm³/mol. The summed E-state index contributed by atoms with van der Waals surface area (Å²) in [5.74, 6) is 0.587. The highest BCUT2D eigenvalue weighted by atomic mass is 15.0. The van der Waals surface area contributed by atoms with Crippen molar-refractivity contribution in [2.75, 3.05) is 0 Å². The highest BCUT2D eigenvalue weighted by Gasteiger charge is 2.09. The largest absolute Gasteiger partial charge is 0.335 e. The average Bonchev–Trinajstić information content (AvgIpc) is 2.90. The van der Waals surface area contributed by atoms with E-state index in [9.17, 15) is 0 Å². The van der Waals surface area contributed by atoms with Crippen LogP contribution in [0.3, 0.4) is 0 Å². The second-order valence-electron chi connectivity index (χ2n) is 4.62. The molecule has 0 spiro atoms. The van der Waals surface area contributed by atoms with Crippen molar-refractivity contribution < 1.29 is 0 Å². The molecule has 0 amide bonds. The Balaban J connectivity index is 1.86. The first kappa shape index (κ1) is 11.8. The fourth-order valence-corrected chi connectivity index (χ4v) is 2.03. The molecule has 2 aromatic rings. The summed E-state index contributed by atoms with van der Waals surface area (Å²) < 4.78 is 2.17. The van der Waals surface area contributed by atoms with Gasteiger partial charge < -0.3 is 4.57 Å². The molecule has 90 valence electrons. The monoisotopic (exact) mass is 229 g/mol. The topological polar surface area (TPSA) is 30.7 Å². The standard InChI is InChI=1S/C14H19N3/c1-12(14-5-7-15-8-6-14)3-4-13(2)17-10-9-16-11-17/h5-13H,3-4H2,1-2H3. The van der Waals surface area contributed by atoms with Gasteiger partial charge in [0.25, 0.3) is 0 Å². The Kier molecular flexibility index (Phi) is 3.91. The van der Waals surface area contributed by atoms with Crippen LogP contribution in [-0.4, -0.2) is 14.5 Å². The van der Waals surface area contributed by atoms with Crippen molar-refractivity contribution in [3.05, 3.63) is 48.8 Å². The molecule has 0 N–H and O–H groups in total. The molecule has 2 rings (SSSR count). The van der Waals surface area contributed by atoms with Crippen molar-refractivity contribution in [2.45, 2.75) is 38.6 Å². The summed E-state index contributed by atoms with van der Waals surface area (Å²) in [6.07, 6.45) is 11.8. The molecule has 0 radical (unpaired) electrons. The van der Waals surface area contributed by atoms with Crippen LogP contribution in [0.5, 0.6) is 0 Å². The summed E-state index contributed by atoms with van der Waals surface area (Å²) >= 11 is 0. The van der Waals surface area contributed by atoms with Crippen LogP contribution in [0.4, 0.5) is 0 Å². The van der Waals surface area contributed by atoms with Gasteiger partial charge >= 0.3 is 0 Å². The van der Waals surface area contributed by atoms with E-state index in [-0.39, 0.29) is 0 Å². The van der Waals surface area contributed by atoms with Crippen LogP contribution in [0, 0.1) is 0 Å². The van der Waals surface area contributed by atoms with Crippen LogP contribution in [0.25, 0.3) is 0 Å². The molecular weight excluding hydrogens is 210 g/mol. The maximum absolute atomic E-state index is 4.08. The average molecular weight is 229 g/mol. The van der Waals surface area contributed by atoms with Crippen LogP contribution in [0.15, 0.2) is 43.2 Å². The van der Waals surface area contributed by atoms with Crippen molar-refractivity contribution in [1.29, 1.82) is 0 Å². The summed E-state index contributed by atoms with van der Waals surface area (Å²) in [6.45, 7) is 4.51. The predicted octanol–water partition coefficient (Wildman–Crippen LogP) is 3.42. The maximum Gasteiger partial charge on any atom is 0.0948 e. The highest BCUT2D eigenvalue weighted by molar-refractivity contribution is 5.14. The SMILES string of the molecule is CC(CCC(C)n1ccnc1)c1ccncc1. The van der Waals surface area contributed by atoms with Gasteiger partial charge in [0.1, 0.15) is 0 Å². The molecule has 2 atom stereocenters. The number of nitrogens with zero attached hydrogens (tertiary/aromatic N) is 3. The van der Waals surface area contributed by atoms with Crippen LogP contribution < -0.4 is 0 Å². The molecular formula is C14H19N3. The van der Waals surface area contributed by atoms with Gasteiger partial charge in [-0.15, -0.1) is 0 Å². The molecule has 0 saturated heterocycles. The first-order valence-electron chi connectivity index (χ1n) is 6.14. The van der Waals surface area contributed by atoms with Gasteiger partial charge in [0.05, 0.1) is 6.33 Å². The molecule has 3 heteroatoms. The van der Waals surface area contributed by atoms with Gasteiger partial charge in [-0.1, -0.05) is 6.92 Å². The van der Waals surface area contributed by atoms with Gasteiger partial charge in [0, 0.05) is 30.8 Å². The lowest BCUT2D eigenvalue weighted by molar-refractivity contribution is 0.465. The summed E-state index contributed by atoms with van der Waals surface area (Å²) in [6, 6.07) is 4.72. The lowest BCUT2D eigenvalue weighted by Crippen LogP contribution is -2.04. The first-order chi connectivity index (χ1) is 8.27. The van der Waals surface area contributed by atoms with Crippen molar-refractivity contribution in [1.82, 2.24) is 14.5 Å². The van der Waals surface area contributed by atoms with Gasteiger partial charge in [0.15, 0.2) is 0 Å². The fourth-order valence-electron chi connectivity index (χ4n) is 2.03. The number of aromatic nitrogens is 3. The lowest BCUT2D eigenvalue weighted by atomic mass is 9.95. The molecule has 0 bridgehead atoms. The molecule has 17 heavy (non-hydrogen) atoms. The fraction of sp³-hybridized carbons (Fsp3) is 0.429. The minimum atomic E-state index is 0.516. The Morgan fingerprint density at radius 1 is 1.06 bits per heavy atom. The Labute approximate surface area is 103 Å². The quantitative estimate of drug-likeness (QED) is 0.786.